The summed E-state index contributed by atoms with van der Waals surface area (Å²) in [6.45, 7) is 1.84. The third-order valence-electron chi connectivity index (χ3n) is 2.12. The van der Waals surface area contributed by atoms with E-state index in [1.165, 1.54) is 24.4 Å². The summed E-state index contributed by atoms with van der Waals surface area (Å²) in [5, 5.41) is -3.30. The van der Waals surface area contributed by atoms with Crippen molar-refractivity contribution in [2.75, 3.05) is 13.2 Å². The summed E-state index contributed by atoms with van der Waals surface area (Å²) in [4.78, 5) is 22.2. The third-order valence-corrected chi connectivity index (χ3v) is 4.22. The van der Waals surface area contributed by atoms with Crippen LogP contribution in [0.1, 0.15) is 6.92 Å². The van der Waals surface area contributed by atoms with Crippen LogP contribution in [0.3, 0.4) is 0 Å². The zero-order valence-electron chi connectivity index (χ0n) is 11.8. The topological polar surface area (TPSA) is 96.0 Å². The van der Waals surface area contributed by atoms with Gasteiger partial charge in [0.25, 0.3) is 0 Å². The Morgan fingerprint density at radius 3 is 2.52 bits per heavy atom. The first-order chi connectivity index (χ1) is 10.5. The summed E-state index contributed by atoms with van der Waals surface area (Å²) >= 11 is 0.796. The molecule has 7 nitrogen and oxygen atoms in total. The van der Waals surface area contributed by atoms with E-state index in [1.807, 2.05) is 0 Å². The number of esters is 2. The van der Waals surface area contributed by atoms with Crippen LogP contribution in [-0.4, -0.2) is 38.8 Å². The Morgan fingerprint density at radius 2 is 2.00 bits per heavy atom. The van der Waals surface area contributed by atoms with Crippen molar-refractivity contribution >= 4 is 33.4 Å². The first-order valence-electron chi connectivity index (χ1n) is 5.89. The Morgan fingerprint density at radius 1 is 1.35 bits per heavy atom. The highest BCUT2D eigenvalue weighted by Crippen LogP contribution is 2.28. The second kappa shape index (κ2) is 7.51. The number of carbonyl (C=O) groups is 2. The zero-order chi connectivity index (χ0) is 17.7. The maximum atomic E-state index is 13.6. The molecule has 11 heteroatoms. The number of alkyl halides is 2. The first-order valence-corrected chi connectivity index (χ1v) is 8.17. The molecule has 0 fully saturated rings. The van der Waals surface area contributed by atoms with Gasteiger partial charge in [0, 0.05) is 5.57 Å². The fourth-order valence-corrected chi connectivity index (χ4v) is 2.48. The van der Waals surface area contributed by atoms with E-state index < -0.39 is 40.5 Å². The predicted octanol–water partition coefficient (Wildman–Crippen LogP) is 1.71. The summed E-state index contributed by atoms with van der Waals surface area (Å²) in [5.74, 6) is -2.26. The SMILES string of the molecule is C=C(C)C(=O)OCC(=O)OCC(F)(F)S(=O)(=O)Oc1cccs1. The maximum absolute atomic E-state index is 13.6. The Bertz CT molecular complexity index is 680. The normalized spacial score (nSPS) is 11.6. The molecule has 1 heterocycles. The predicted molar refractivity (Wildman–Crippen MR) is 75.5 cm³/mol. The number of ether oxygens (including phenoxy) is 2. The summed E-state index contributed by atoms with van der Waals surface area (Å²) in [6, 6.07) is 2.59. The van der Waals surface area contributed by atoms with E-state index in [2.05, 4.69) is 20.2 Å². The molecule has 23 heavy (non-hydrogen) atoms. The molecule has 0 atom stereocenters. The summed E-state index contributed by atoms with van der Waals surface area (Å²) in [7, 11) is -5.35. The van der Waals surface area contributed by atoms with E-state index in [0.717, 1.165) is 11.3 Å². The van der Waals surface area contributed by atoms with Gasteiger partial charge in [-0.25, -0.2) is 9.59 Å². The average molecular weight is 370 g/mol. The van der Waals surface area contributed by atoms with Crippen molar-refractivity contribution < 1.29 is 40.4 Å². The van der Waals surface area contributed by atoms with E-state index in [9.17, 15) is 26.8 Å². The van der Waals surface area contributed by atoms with Gasteiger partial charge < -0.3 is 13.7 Å². The molecule has 1 rings (SSSR count). The van der Waals surface area contributed by atoms with Crippen LogP contribution in [0.25, 0.3) is 0 Å². The number of hydrogen-bond donors (Lipinski definition) is 0. The second-order valence-corrected chi connectivity index (χ2v) is 6.71. The van der Waals surface area contributed by atoms with E-state index in [0.29, 0.717) is 0 Å². The fraction of sp³-hybridized carbons (Fsp3) is 0.333. The van der Waals surface area contributed by atoms with Gasteiger partial charge in [0.1, 0.15) is 0 Å². The second-order valence-electron chi connectivity index (χ2n) is 4.12. The van der Waals surface area contributed by atoms with Gasteiger partial charge in [-0.05, 0) is 24.4 Å². The standard InChI is InChI=1S/C12H12F2O7S2/c1-8(2)11(16)19-6-9(15)20-7-12(13,14)23(17,18)21-10-4-3-5-22-10/h3-5H,1,6-7H2,2H3. The van der Waals surface area contributed by atoms with Crippen LogP contribution in [-0.2, 0) is 29.2 Å². The summed E-state index contributed by atoms with van der Waals surface area (Å²) < 4.78 is 62.7. The van der Waals surface area contributed by atoms with Gasteiger partial charge >= 0.3 is 27.3 Å². The zero-order valence-corrected chi connectivity index (χ0v) is 13.4. The summed E-state index contributed by atoms with van der Waals surface area (Å²) in [6.07, 6.45) is 0. The van der Waals surface area contributed by atoms with E-state index in [4.69, 9.17) is 0 Å². The highest BCUT2D eigenvalue weighted by atomic mass is 32.2. The largest absolute Gasteiger partial charge is 0.455 e. The minimum absolute atomic E-state index is 0.00458. The Hall–Kier alpha value is -2.01. The summed E-state index contributed by atoms with van der Waals surface area (Å²) in [5.41, 5.74) is -0.00458. The van der Waals surface area contributed by atoms with Crippen LogP contribution in [0.15, 0.2) is 29.7 Å². The van der Waals surface area contributed by atoms with Crippen LogP contribution in [0.4, 0.5) is 8.78 Å². The molecule has 1 aromatic heterocycles. The van der Waals surface area contributed by atoms with Crippen molar-refractivity contribution in [3.63, 3.8) is 0 Å². The molecule has 0 unspecified atom stereocenters. The lowest BCUT2D eigenvalue weighted by Crippen LogP contribution is -2.38. The van der Waals surface area contributed by atoms with Crippen molar-refractivity contribution in [3.05, 3.63) is 29.7 Å². The molecule has 0 saturated heterocycles. The van der Waals surface area contributed by atoms with Gasteiger partial charge in [-0.15, -0.1) is 11.3 Å². The van der Waals surface area contributed by atoms with Crippen LogP contribution >= 0.6 is 11.3 Å². The highest BCUT2D eigenvalue weighted by Gasteiger charge is 2.49. The molecule has 0 radical (unpaired) electrons. The fourth-order valence-electron chi connectivity index (χ4n) is 1.01. The molecule has 0 N–H and O–H groups in total. The average Bonchev–Trinajstić information content (AvgIpc) is 2.94. The van der Waals surface area contributed by atoms with Gasteiger partial charge in [0.05, 0.1) is 0 Å². The molecule has 0 bridgehead atoms. The number of halogens is 2. The van der Waals surface area contributed by atoms with Gasteiger partial charge in [-0.2, -0.15) is 17.2 Å². The quantitative estimate of drug-likeness (QED) is 0.390. The lowest BCUT2D eigenvalue weighted by Gasteiger charge is -2.16. The molecular weight excluding hydrogens is 358 g/mol. The number of carbonyl (C=O) groups excluding carboxylic acids is 2. The molecule has 1 aromatic rings. The lowest BCUT2D eigenvalue weighted by molar-refractivity contribution is -0.160. The minimum Gasteiger partial charge on any atom is -0.455 e. The monoisotopic (exact) mass is 370 g/mol. The van der Waals surface area contributed by atoms with Gasteiger partial charge in [0.15, 0.2) is 18.3 Å². The van der Waals surface area contributed by atoms with Crippen LogP contribution in [0.5, 0.6) is 5.06 Å². The van der Waals surface area contributed by atoms with E-state index >= 15 is 0 Å². The maximum Gasteiger partial charge on any atom is 0.413 e. The molecular formula is C12H12F2O7S2. The lowest BCUT2D eigenvalue weighted by atomic mass is 10.4. The van der Waals surface area contributed by atoms with Gasteiger partial charge in [-0.1, -0.05) is 6.58 Å². The highest BCUT2D eigenvalue weighted by molar-refractivity contribution is 7.88. The Balaban J connectivity index is 2.55. The van der Waals surface area contributed by atoms with Crippen LogP contribution in [0, 0.1) is 0 Å². The number of rotatable bonds is 8. The molecule has 0 saturated carbocycles. The molecule has 0 amide bonds. The van der Waals surface area contributed by atoms with Gasteiger partial charge in [0.2, 0.25) is 0 Å². The van der Waals surface area contributed by atoms with Crippen LogP contribution < -0.4 is 4.18 Å². The Labute approximate surface area is 134 Å². The number of hydrogen-bond acceptors (Lipinski definition) is 8. The van der Waals surface area contributed by atoms with Crippen LogP contribution in [0.2, 0.25) is 0 Å². The molecule has 0 aliphatic rings. The molecule has 0 aliphatic heterocycles. The minimum atomic E-state index is -5.35. The van der Waals surface area contributed by atoms with Crippen molar-refractivity contribution in [1.82, 2.24) is 0 Å². The van der Waals surface area contributed by atoms with Crippen molar-refractivity contribution in [3.8, 4) is 5.06 Å². The molecule has 0 aromatic carbocycles. The van der Waals surface area contributed by atoms with Crippen molar-refractivity contribution in [2.45, 2.75) is 12.2 Å². The molecule has 0 aliphatic carbocycles. The molecule has 128 valence electrons. The molecule has 0 spiro atoms. The third kappa shape index (κ3) is 5.60. The number of thiophene rings is 1. The van der Waals surface area contributed by atoms with Gasteiger partial charge in [-0.3, -0.25) is 0 Å². The Kier molecular flexibility index (Phi) is 6.21. The van der Waals surface area contributed by atoms with Crippen molar-refractivity contribution in [1.29, 1.82) is 0 Å². The first kappa shape index (κ1) is 19.0. The van der Waals surface area contributed by atoms with Crippen molar-refractivity contribution in [2.24, 2.45) is 0 Å². The van der Waals surface area contributed by atoms with E-state index in [-0.39, 0.29) is 10.6 Å². The van der Waals surface area contributed by atoms with E-state index in [1.54, 1.807) is 0 Å². The smallest absolute Gasteiger partial charge is 0.413 e.